The predicted octanol–water partition coefficient (Wildman–Crippen LogP) is 0.817. The van der Waals surface area contributed by atoms with Gasteiger partial charge in [0.25, 0.3) is 0 Å². The Morgan fingerprint density at radius 3 is 2.88 bits per heavy atom. The fourth-order valence-corrected chi connectivity index (χ4v) is 1.92. The minimum absolute atomic E-state index is 0.213. The van der Waals surface area contributed by atoms with Crippen LogP contribution in [0.4, 0.5) is 5.82 Å². The largest absolute Gasteiger partial charge is 0.382 e. The van der Waals surface area contributed by atoms with Gasteiger partial charge in [0, 0.05) is 13.0 Å². The van der Waals surface area contributed by atoms with E-state index in [2.05, 4.69) is 16.9 Å². The quantitative estimate of drug-likeness (QED) is 0.818. The van der Waals surface area contributed by atoms with Gasteiger partial charge in [-0.1, -0.05) is 13.3 Å². The van der Waals surface area contributed by atoms with Crippen molar-refractivity contribution < 1.29 is 4.79 Å². The topological polar surface area (TPSA) is 72.1 Å². The molecule has 1 aromatic heterocycles. The highest BCUT2D eigenvalue weighted by molar-refractivity contribution is 5.78. The van der Waals surface area contributed by atoms with E-state index in [1.807, 2.05) is 4.90 Å². The highest BCUT2D eigenvalue weighted by Crippen LogP contribution is 2.21. The molecule has 5 heteroatoms. The van der Waals surface area contributed by atoms with Crippen LogP contribution >= 0.6 is 0 Å². The average Bonchev–Trinajstić information content (AvgIpc) is 2.63. The lowest BCUT2D eigenvalue weighted by Crippen LogP contribution is -2.25. The number of carbonyl (C=O) groups excluding carboxylic acids is 1. The van der Waals surface area contributed by atoms with E-state index in [1.165, 1.54) is 6.20 Å². The van der Waals surface area contributed by atoms with E-state index in [1.54, 1.807) is 6.20 Å². The molecule has 1 amide bonds. The third kappa shape index (κ3) is 2.29. The molecular formula is C11H16N4O. The highest BCUT2D eigenvalue weighted by atomic mass is 16.2. The van der Waals surface area contributed by atoms with Crippen molar-refractivity contribution in [1.29, 1.82) is 0 Å². The number of hydrogen-bond donors (Lipinski definition) is 1. The summed E-state index contributed by atoms with van der Waals surface area (Å²) in [5.41, 5.74) is 6.24. The van der Waals surface area contributed by atoms with Gasteiger partial charge in [0.1, 0.15) is 5.82 Å². The molecule has 0 spiro atoms. The lowest BCUT2D eigenvalue weighted by Gasteiger charge is -2.15. The molecule has 1 atom stereocenters. The molecule has 0 bridgehead atoms. The molecule has 0 radical (unpaired) electrons. The van der Waals surface area contributed by atoms with Crippen molar-refractivity contribution >= 4 is 11.7 Å². The molecule has 1 aliphatic rings. The molecule has 86 valence electrons. The zero-order valence-corrected chi connectivity index (χ0v) is 9.39. The van der Waals surface area contributed by atoms with Gasteiger partial charge in [-0.15, -0.1) is 0 Å². The van der Waals surface area contributed by atoms with Crippen molar-refractivity contribution in [3.05, 3.63) is 18.1 Å². The van der Waals surface area contributed by atoms with Crippen LogP contribution in [0.1, 0.15) is 25.5 Å². The monoisotopic (exact) mass is 220 g/mol. The van der Waals surface area contributed by atoms with Gasteiger partial charge in [0.2, 0.25) is 5.91 Å². The first-order valence-electron chi connectivity index (χ1n) is 5.53. The highest BCUT2D eigenvalue weighted by Gasteiger charge is 2.28. The van der Waals surface area contributed by atoms with E-state index < -0.39 is 0 Å². The van der Waals surface area contributed by atoms with Crippen LogP contribution in [0.25, 0.3) is 0 Å². The Morgan fingerprint density at radius 1 is 1.50 bits per heavy atom. The van der Waals surface area contributed by atoms with Crippen LogP contribution in [0.5, 0.6) is 0 Å². The van der Waals surface area contributed by atoms with Gasteiger partial charge >= 0.3 is 0 Å². The first-order chi connectivity index (χ1) is 7.69. The first kappa shape index (κ1) is 10.9. The lowest BCUT2D eigenvalue weighted by molar-refractivity contribution is -0.128. The van der Waals surface area contributed by atoms with E-state index in [4.69, 9.17) is 5.73 Å². The Labute approximate surface area is 94.7 Å². The summed E-state index contributed by atoms with van der Waals surface area (Å²) in [7, 11) is 0. The molecule has 2 N–H and O–H groups in total. The molecule has 1 saturated heterocycles. The molecule has 1 aliphatic heterocycles. The fourth-order valence-electron chi connectivity index (χ4n) is 1.92. The van der Waals surface area contributed by atoms with Crippen LogP contribution < -0.4 is 5.73 Å². The number of hydrogen-bond acceptors (Lipinski definition) is 4. The van der Waals surface area contributed by atoms with Gasteiger partial charge in [-0.05, 0) is 5.92 Å². The van der Waals surface area contributed by atoms with Gasteiger partial charge in [-0.25, -0.2) is 4.98 Å². The number of likely N-dealkylation sites (tertiary alicyclic amines) is 1. The smallest absolute Gasteiger partial charge is 0.223 e. The van der Waals surface area contributed by atoms with E-state index in [-0.39, 0.29) is 5.91 Å². The summed E-state index contributed by atoms with van der Waals surface area (Å²) in [5, 5.41) is 0. The van der Waals surface area contributed by atoms with Gasteiger partial charge in [-0.3, -0.25) is 9.78 Å². The SMILES string of the molecule is CCC1CC(=O)N(Cc2cnc(N)cn2)C1. The number of nitrogens with two attached hydrogens (primary N) is 1. The summed E-state index contributed by atoms with van der Waals surface area (Å²) < 4.78 is 0. The number of anilines is 1. The molecule has 5 nitrogen and oxygen atoms in total. The van der Waals surface area contributed by atoms with Crippen LogP contribution in [-0.4, -0.2) is 27.3 Å². The Hall–Kier alpha value is -1.65. The number of amides is 1. The maximum atomic E-state index is 11.7. The molecule has 2 heterocycles. The van der Waals surface area contributed by atoms with E-state index in [0.717, 1.165) is 18.7 Å². The van der Waals surface area contributed by atoms with E-state index in [0.29, 0.717) is 24.7 Å². The van der Waals surface area contributed by atoms with Crippen molar-refractivity contribution in [3.8, 4) is 0 Å². The zero-order chi connectivity index (χ0) is 11.5. The third-order valence-corrected chi connectivity index (χ3v) is 2.95. The van der Waals surface area contributed by atoms with Gasteiger partial charge < -0.3 is 10.6 Å². The Kier molecular flexibility index (Phi) is 3.03. The second-order valence-electron chi connectivity index (χ2n) is 4.19. The molecule has 2 rings (SSSR count). The Bertz CT molecular complexity index is 376. The number of nitrogen functional groups attached to an aromatic ring is 1. The van der Waals surface area contributed by atoms with Crippen molar-refractivity contribution in [2.45, 2.75) is 26.3 Å². The van der Waals surface area contributed by atoms with Gasteiger partial charge in [-0.2, -0.15) is 0 Å². The maximum absolute atomic E-state index is 11.7. The molecular weight excluding hydrogens is 204 g/mol. The summed E-state index contributed by atoms with van der Waals surface area (Å²) in [4.78, 5) is 21.6. The molecule has 0 aliphatic carbocycles. The predicted molar refractivity (Wildman–Crippen MR) is 60.3 cm³/mol. The standard InChI is InChI=1S/C11H16N4O/c1-2-8-3-11(16)15(6-8)7-9-4-14-10(12)5-13-9/h4-5,8H,2-3,6-7H2,1H3,(H2,12,14). The van der Waals surface area contributed by atoms with Crippen LogP contribution in [0.15, 0.2) is 12.4 Å². The summed E-state index contributed by atoms with van der Waals surface area (Å²) in [6.07, 6.45) is 4.86. The zero-order valence-electron chi connectivity index (χ0n) is 9.39. The minimum atomic E-state index is 0.213. The van der Waals surface area contributed by atoms with Crippen molar-refractivity contribution in [1.82, 2.24) is 14.9 Å². The van der Waals surface area contributed by atoms with E-state index >= 15 is 0 Å². The summed E-state index contributed by atoms with van der Waals surface area (Å²) in [5.74, 6) is 1.11. The van der Waals surface area contributed by atoms with Gasteiger partial charge in [0.05, 0.1) is 24.6 Å². The fraction of sp³-hybridized carbons (Fsp3) is 0.545. The number of nitrogens with zero attached hydrogens (tertiary/aromatic N) is 3. The Morgan fingerprint density at radius 2 is 2.31 bits per heavy atom. The normalized spacial score (nSPS) is 20.4. The lowest BCUT2D eigenvalue weighted by atomic mass is 10.1. The average molecular weight is 220 g/mol. The van der Waals surface area contributed by atoms with Gasteiger partial charge in [0.15, 0.2) is 0 Å². The van der Waals surface area contributed by atoms with Crippen LogP contribution in [0.3, 0.4) is 0 Å². The summed E-state index contributed by atoms with van der Waals surface area (Å²) in [6.45, 7) is 3.49. The molecule has 1 unspecified atom stereocenters. The van der Waals surface area contributed by atoms with Crippen molar-refractivity contribution in [3.63, 3.8) is 0 Å². The summed E-state index contributed by atoms with van der Waals surface area (Å²) >= 11 is 0. The minimum Gasteiger partial charge on any atom is -0.382 e. The number of carbonyl (C=O) groups is 1. The molecule has 16 heavy (non-hydrogen) atoms. The van der Waals surface area contributed by atoms with Crippen molar-refractivity contribution in [2.24, 2.45) is 5.92 Å². The second kappa shape index (κ2) is 4.47. The summed E-state index contributed by atoms with van der Waals surface area (Å²) in [6, 6.07) is 0. The molecule has 1 fully saturated rings. The van der Waals surface area contributed by atoms with Crippen LogP contribution in [0, 0.1) is 5.92 Å². The number of aromatic nitrogens is 2. The van der Waals surface area contributed by atoms with Crippen molar-refractivity contribution in [2.75, 3.05) is 12.3 Å². The second-order valence-corrected chi connectivity index (χ2v) is 4.19. The molecule has 0 saturated carbocycles. The molecule has 1 aromatic rings. The Balaban J connectivity index is 2.00. The number of rotatable bonds is 3. The maximum Gasteiger partial charge on any atom is 0.223 e. The third-order valence-electron chi connectivity index (χ3n) is 2.95. The first-order valence-corrected chi connectivity index (χ1v) is 5.53. The van der Waals surface area contributed by atoms with Crippen LogP contribution in [-0.2, 0) is 11.3 Å². The van der Waals surface area contributed by atoms with E-state index in [9.17, 15) is 4.79 Å². The van der Waals surface area contributed by atoms with Crippen LogP contribution in [0.2, 0.25) is 0 Å². The molecule has 0 aromatic carbocycles.